The van der Waals surface area contributed by atoms with Crippen molar-refractivity contribution in [3.8, 4) is 0 Å². The van der Waals surface area contributed by atoms with Crippen molar-refractivity contribution in [2.24, 2.45) is 0 Å². The third-order valence-electron chi connectivity index (χ3n) is 5.35. The van der Waals surface area contributed by atoms with Crippen LogP contribution in [0.2, 0.25) is 0 Å². The minimum atomic E-state index is 0.130. The van der Waals surface area contributed by atoms with E-state index in [-0.39, 0.29) is 11.9 Å². The van der Waals surface area contributed by atoms with Crippen LogP contribution in [-0.2, 0) is 0 Å². The number of anilines is 1. The van der Waals surface area contributed by atoms with Gasteiger partial charge in [-0.05, 0) is 51.1 Å². The molecule has 23 heavy (non-hydrogen) atoms. The van der Waals surface area contributed by atoms with Crippen LogP contribution >= 0.6 is 0 Å². The number of amides is 1. The molecule has 4 nitrogen and oxygen atoms in total. The van der Waals surface area contributed by atoms with Crippen LogP contribution in [0.1, 0.15) is 39.4 Å². The molecule has 4 rings (SSSR count). The van der Waals surface area contributed by atoms with Crippen LogP contribution in [0.5, 0.6) is 0 Å². The van der Waals surface area contributed by atoms with Crippen molar-refractivity contribution in [3.05, 3.63) is 52.8 Å². The number of nitrogens with zero attached hydrogens (tertiary/aromatic N) is 2. The molecule has 1 amide bonds. The summed E-state index contributed by atoms with van der Waals surface area (Å²) in [7, 11) is 2.17. The second kappa shape index (κ2) is 5.24. The Balaban J connectivity index is 1.80. The van der Waals surface area contributed by atoms with Crippen LogP contribution in [-0.4, -0.2) is 42.0 Å². The van der Waals surface area contributed by atoms with Gasteiger partial charge in [0.15, 0.2) is 0 Å². The van der Waals surface area contributed by atoms with E-state index in [2.05, 4.69) is 47.0 Å². The van der Waals surface area contributed by atoms with Crippen LogP contribution in [0, 0.1) is 13.8 Å². The van der Waals surface area contributed by atoms with Crippen molar-refractivity contribution in [1.82, 2.24) is 9.88 Å². The molecular weight excluding hydrogens is 286 g/mol. The summed E-state index contributed by atoms with van der Waals surface area (Å²) in [5, 5.41) is 0. The van der Waals surface area contributed by atoms with E-state index in [1.165, 1.54) is 11.1 Å². The maximum Gasteiger partial charge on any atom is 0.260 e. The smallest absolute Gasteiger partial charge is 0.260 e. The number of likely N-dealkylation sites (N-methyl/N-ethyl adjacent to an activating group) is 1. The van der Waals surface area contributed by atoms with Crippen molar-refractivity contribution in [2.75, 3.05) is 25.0 Å². The summed E-state index contributed by atoms with van der Waals surface area (Å²) in [6.07, 6.45) is 4.75. The number of carbonyl (C=O) groups excluding carboxylic acids is 1. The molecular formula is C19H23N3O. The molecule has 0 aliphatic carbocycles. The number of benzene rings is 1. The summed E-state index contributed by atoms with van der Waals surface area (Å²) in [6.45, 7) is 6.19. The highest BCUT2D eigenvalue weighted by molar-refractivity contribution is 6.08. The normalized spacial score (nSPS) is 23.7. The van der Waals surface area contributed by atoms with E-state index >= 15 is 0 Å². The number of carbonyl (C=O) groups is 1. The van der Waals surface area contributed by atoms with Gasteiger partial charge in [-0.3, -0.25) is 4.79 Å². The molecule has 2 aliphatic rings. The Kier molecular flexibility index (Phi) is 3.31. The number of aromatic amines is 1. The second-order valence-corrected chi connectivity index (χ2v) is 7.01. The lowest BCUT2D eigenvalue weighted by Gasteiger charge is -2.36. The van der Waals surface area contributed by atoms with Crippen molar-refractivity contribution in [1.29, 1.82) is 0 Å². The third kappa shape index (κ3) is 2.20. The number of rotatable bonds is 1. The largest absolute Gasteiger partial charge is 0.367 e. The molecule has 0 spiro atoms. The molecule has 1 aromatic heterocycles. The molecule has 1 aromatic carbocycles. The average molecular weight is 309 g/mol. The summed E-state index contributed by atoms with van der Waals surface area (Å²) in [5.41, 5.74) is 5.51. The van der Waals surface area contributed by atoms with E-state index < -0.39 is 0 Å². The zero-order valence-electron chi connectivity index (χ0n) is 14.0. The highest BCUT2D eigenvalue weighted by atomic mass is 16.2. The van der Waals surface area contributed by atoms with Gasteiger partial charge in [-0.2, -0.15) is 0 Å². The van der Waals surface area contributed by atoms with Gasteiger partial charge in [0.05, 0.1) is 5.56 Å². The number of likely N-dealkylation sites (tertiary alicyclic amines) is 1. The number of fused-ring (bicyclic) bond motifs is 3. The summed E-state index contributed by atoms with van der Waals surface area (Å²) in [6, 6.07) is 6.79. The minimum Gasteiger partial charge on any atom is -0.367 e. The molecule has 2 atom stereocenters. The molecule has 2 aliphatic heterocycles. The van der Waals surface area contributed by atoms with E-state index in [1.54, 1.807) is 0 Å². The van der Waals surface area contributed by atoms with Gasteiger partial charge in [-0.15, -0.1) is 0 Å². The average Bonchev–Trinajstić information content (AvgIpc) is 3.08. The predicted octanol–water partition coefficient (Wildman–Crippen LogP) is 3.08. The van der Waals surface area contributed by atoms with Crippen LogP contribution in [0.4, 0.5) is 5.69 Å². The molecule has 0 radical (unpaired) electrons. The lowest BCUT2D eigenvalue weighted by atomic mass is 9.88. The van der Waals surface area contributed by atoms with Gasteiger partial charge >= 0.3 is 0 Å². The topological polar surface area (TPSA) is 39.3 Å². The maximum atomic E-state index is 13.2. The highest BCUT2D eigenvalue weighted by Gasteiger charge is 2.44. The Morgan fingerprint density at radius 2 is 2.09 bits per heavy atom. The predicted molar refractivity (Wildman–Crippen MR) is 92.2 cm³/mol. The van der Waals surface area contributed by atoms with Crippen molar-refractivity contribution < 1.29 is 4.79 Å². The van der Waals surface area contributed by atoms with E-state index in [9.17, 15) is 4.79 Å². The first-order valence-electron chi connectivity index (χ1n) is 8.32. The number of piperidine rings is 1. The number of hydrogen-bond donors (Lipinski definition) is 1. The third-order valence-corrected chi connectivity index (χ3v) is 5.35. The SMILES string of the molecule is Cc1ccc2c(c1)[C@H]1CN(C)CC[C@H]1N2C(=O)c1c[nH]cc1C. The Morgan fingerprint density at radius 1 is 1.26 bits per heavy atom. The van der Waals surface area contributed by atoms with Gasteiger partial charge < -0.3 is 14.8 Å². The highest BCUT2D eigenvalue weighted by Crippen LogP contribution is 2.45. The fourth-order valence-corrected chi connectivity index (χ4v) is 4.15. The number of hydrogen-bond acceptors (Lipinski definition) is 2. The number of nitrogens with one attached hydrogen (secondary N) is 1. The van der Waals surface area contributed by atoms with Crippen LogP contribution in [0.25, 0.3) is 0 Å². The van der Waals surface area contributed by atoms with E-state index in [0.717, 1.165) is 36.3 Å². The Hall–Kier alpha value is -2.07. The molecule has 4 heteroatoms. The molecule has 1 saturated heterocycles. The van der Waals surface area contributed by atoms with Gasteiger partial charge in [-0.1, -0.05) is 17.7 Å². The summed E-state index contributed by atoms with van der Waals surface area (Å²) in [5.74, 6) is 0.553. The molecule has 0 saturated carbocycles. The fourth-order valence-electron chi connectivity index (χ4n) is 4.15. The van der Waals surface area contributed by atoms with Gasteiger partial charge in [0.25, 0.3) is 5.91 Å². The van der Waals surface area contributed by atoms with Gasteiger partial charge in [0, 0.05) is 36.6 Å². The van der Waals surface area contributed by atoms with Crippen LogP contribution in [0.3, 0.4) is 0 Å². The minimum absolute atomic E-state index is 0.130. The zero-order chi connectivity index (χ0) is 16.1. The van der Waals surface area contributed by atoms with Crippen molar-refractivity contribution >= 4 is 11.6 Å². The zero-order valence-corrected chi connectivity index (χ0v) is 14.0. The molecule has 1 fully saturated rings. The van der Waals surface area contributed by atoms with Gasteiger partial charge in [-0.25, -0.2) is 0 Å². The summed E-state index contributed by atoms with van der Waals surface area (Å²) < 4.78 is 0. The Labute approximate surface area is 137 Å². The first-order chi connectivity index (χ1) is 11.1. The van der Waals surface area contributed by atoms with Crippen molar-refractivity contribution in [3.63, 3.8) is 0 Å². The van der Waals surface area contributed by atoms with E-state index in [4.69, 9.17) is 0 Å². The summed E-state index contributed by atoms with van der Waals surface area (Å²) >= 11 is 0. The first-order valence-corrected chi connectivity index (χ1v) is 8.32. The molecule has 3 heterocycles. The molecule has 2 aromatic rings. The quantitative estimate of drug-likeness (QED) is 0.879. The Morgan fingerprint density at radius 3 is 2.83 bits per heavy atom. The number of H-pyrrole nitrogens is 1. The van der Waals surface area contributed by atoms with Gasteiger partial charge in [0.2, 0.25) is 0 Å². The standard InChI is InChI=1S/C19H23N3O/c1-12-4-5-17-14(8-12)16-11-21(3)7-6-18(16)22(17)19(23)15-10-20-9-13(15)2/h4-5,8-10,16,18,20H,6-7,11H2,1-3H3/t16-,18-/m1/s1. The van der Waals surface area contributed by atoms with E-state index in [0.29, 0.717) is 5.92 Å². The lowest BCUT2D eigenvalue weighted by Crippen LogP contribution is -2.47. The molecule has 0 unspecified atom stereocenters. The van der Waals surface area contributed by atoms with Crippen LogP contribution < -0.4 is 4.90 Å². The van der Waals surface area contributed by atoms with Crippen LogP contribution in [0.15, 0.2) is 30.6 Å². The molecule has 1 N–H and O–H groups in total. The fraction of sp³-hybridized carbons (Fsp3) is 0.421. The maximum absolute atomic E-state index is 13.2. The van der Waals surface area contributed by atoms with Gasteiger partial charge in [0.1, 0.15) is 0 Å². The number of aromatic nitrogens is 1. The van der Waals surface area contributed by atoms with Crippen molar-refractivity contribution in [2.45, 2.75) is 32.2 Å². The van der Waals surface area contributed by atoms with E-state index in [1.807, 2.05) is 19.3 Å². The monoisotopic (exact) mass is 309 g/mol. The molecule has 0 bridgehead atoms. The first kappa shape index (κ1) is 14.5. The Bertz CT molecular complexity index is 764. The second-order valence-electron chi connectivity index (χ2n) is 7.01. The number of aryl methyl sites for hydroxylation is 2. The lowest BCUT2D eigenvalue weighted by molar-refractivity contribution is 0.0964. The molecule has 120 valence electrons. The summed E-state index contributed by atoms with van der Waals surface area (Å²) in [4.78, 5) is 20.7.